The SMILES string of the molecule is COCCN1C(=O)c2ccccc2NC1c1ccc(-n2ccnc2)cc1. The summed E-state index contributed by atoms with van der Waals surface area (Å²) < 4.78 is 7.15. The van der Waals surface area contributed by atoms with Gasteiger partial charge in [0, 0.05) is 37.4 Å². The first-order chi connectivity index (χ1) is 12.8. The number of carbonyl (C=O) groups is 1. The molecule has 3 aromatic rings. The Kier molecular flexibility index (Phi) is 4.41. The minimum absolute atomic E-state index is 0.0140. The molecule has 1 aliphatic rings. The second-order valence-corrected chi connectivity index (χ2v) is 6.15. The van der Waals surface area contributed by atoms with Crippen LogP contribution in [-0.4, -0.2) is 40.6 Å². The number of aromatic nitrogens is 2. The summed E-state index contributed by atoms with van der Waals surface area (Å²) in [6.07, 6.45) is 5.18. The molecule has 0 saturated carbocycles. The number of nitrogens with zero attached hydrogens (tertiary/aromatic N) is 3. The number of methoxy groups -OCH3 is 1. The van der Waals surface area contributed by atoms with Crippen LogP contribution >= 0.6 is 0 Å². The van der Waals surface area contributed by atoms with Crippen LogP contribution in [0.3, 0.4) is 0 Å². The third-order valence-electron chi connectivity index (χ3n) is 4.57. The lowest BCUT2D eigenvalue weighted by Gasteiger charge is -2.38. The van der Waals surface area contributed by atoms with Gasteiger partial charge < -0.3 is 19.5 Å². The van der Waals surface area contributed by atoms with Crippen LogP contribution in [0.25, 0.3) is 5.69 Å². The van der Waals surface area contributed by atoms with E-state index in [0.717, 1.165) is 16.9 Å². The third-order valence-corrected chi connectivity index (χ3v) is 4.57. The number of imidazole rings is 1. The van der Waals surface area contributed by atoms with E-state index in [0.29, 0.717) is 18.7 Å². The Morgan fingerprint density at radius 3 is 2.69 bits per heavy atom. The van der Waals surface area contributed by atoms with E-state index in [4.69, 9.17) is 4.74 Å². The van der Waals surface area contributed by atoms with Crippen LogP contribution in [0.1, 0.15) is 22.1 Å². The largest absolute Gasteiger partial charge is 0.383 e. The van der Waals surface area contributed by atoms with E-state index >= 15 is 0 Å². The predicted molar refractivity (Wildman–Crippen MR) is 99.3 cm³/mol. The van der Waals surface area contributed by atoms with Crippen LogP contribution in [0.5, 0.6) is 0 Å². The fraction of sp³-hybridized carbons (Fsp3) is 0.200. The average molecular weight is 348 g/mol. The van der Waals surface area contributed by atoms with E-state index < -0.39 is 0 Å². The number of para-hydroxylation sites is 1. The molecule has 2 heterocycles. The lowest BCUT2D eigenvalue weighted by Crippen LogP contribution is -2.44. The molecule has 1 aromatic heterocycles. The molecule has 4 rings (SSSR count). The van der Waals surface area contributed by atoms with Gasteiger partial charge in [-0.25, -0.2) is 4.98 Å². The second-order valence-electron chi connectivity index (χ2n) is 6.15. The summed E-state index contributed by atoms with van der Waals surface area (Å²) in [6.45, 7) is 1.00. The van der Waals surface area contributed by atoms with Crippen molar-refractivity contribution in [2.75, 3.05) is 25.6 Å². The fourth-order valence-corrected chi connectivity index (χ4v) is 3.22. The summed E-state index contributed by atoms with van der Waals surface area (Å²) in [7, 11) is 1.64. The van der Waals surface area contributed by atoms with Gasteiger partial charge in [0.15, 0.2) is 0 Å². The molecule has 132 valence electrons. The predicted octanol–water partition coefficient (Wildman–Crippen LogP) is 3.09. The maximum absolute atomic E-state index is 13.0. The Labute approximate surface area is 152 Å². The van der Waals surface area contributed by atoms with Crippen molar-refractivity contribution < 1.29 is 9.53 Å². The Morgan fingerprint density at radius 2 is 1.96 bits per heavy atom. The van der Waals surface area contributed by atoms with Gasteiger partial charge in [-0.05, 0) is 29.8 Å². The number of carbonyl (C=O) groups excluding carboxylic acids is 1. The van der Waals surface area contributed by atoms with E-state index in [1.54, 1.807) is 19.6 Å². The van der Waals surface area contributed by atoms with Gasteiger partial charge in [0.25, 0.3) is 5.91 Å². The Bertz CT molecular complexity index is 890. The maximum atomic E-state index is 13.0. The van der Waals surface area contributed by atoms with Crippen molar-refractivity contribution in [3.8, 4) is 5.69 Å². The molecule has 0 bridgehead atoms. The highest BCUT2D eigenvalue weighted by Crippen LogP contribution is 2.33. The quantitative estimate of drug-likeness (QED) is 0.770. The standard InChI is InChI=1S/C20H20N4O2/c1-26-13-12-24-19(22-18-5-3-2-4-17(18)20(24)25)15-6-8-16(9-7-15)23-11-10-21-14-23/h2-11,14,19,22H,12-13H2,1H3. The number of nitrogens with one attached hydrogen (secondary N) is 1. The topological polar surface area (TPSA) is 59.4 Å². The molecule has 0 spiro atoms. The summed E-state index contributed by atoms with van der Waals surface area (Å²) in [6, 6.07) is 15.7. The van der Waals surface area contributed by atoms with Gasteiger partial charge in [0.2, 0.25) is 0 Å². The number of amides is 1. The van der Waals surface area contributed by atoms with Gasteiger partial charge in [-0.3, -0.25) is 4.79 Å². The van der Waals surface area contributed by atoms with Gasteiger partial charge >= 0.3 is 0 Å². The number of hydrogen-bond acceptors (Lipinski definition) is 4. The summed E-state index contributed by atoms with van der Waals surface area (Å²) in [5.41, 5.74) is 3.59. The van der Waals surface area contributed by atoms with Crippen molar-refractivity contribution in [3.63, 3.8) is 0 Å². The molecule has 0 aliphatic carbocycles. The van der Waals surface area contributed by atoms with Crippen molar-refractivity contribution in [1.82, 2.24) is 14.5 Å². The second kappa shape index (κ2) is 7.01. The van der Waals surface area contributed by atoms with Gasteiger partial charge in [-0.15, -0.1) is 0 Å². The van der Waals surface area contributed by atoms with Crippen molar-refractivity contribution in [1.29, 1.82) is 0 Å². The van der Waals surface area contributed by atoms with Crippen molar-refractivity contribution in [3.05, 3.63) is 78.4 Å². The number of ether oxygens (including phenoxy) is 1. The Morgan fingerprint density at radius 1 is 1.15 bits per heavy atom. The molecular weight excluding hydrogens is 328 g/mol. The normalized spacial score (nSPS) is 16.3. The molecule has 0 fully saturated rings. The highest BCUT2D eigenvalue weighted by molar-refractivity contribution is 6.01. The molecule has 1 amide bonds. The first-order valence-corrected chi connectivity index (χ1v) is 8.51. The van der Waals surface area contributed by atoms with Crippen molar-refractivity contribution in [2.24, 2.45) is 0 Å². The number of hydrogen-bond donors (Lipinski definition) is 1. The first kappa shape index (κ1) is 16.4. The van der Waals surface area contributed by atoms with Crippen LogP contribution in [0.4, 0.5) is 5.69 Å². The van der Waals surface area contributed by atoms with E-state index in [-0.39, 0.29) is 12.1 Å². The molecule has 2 aromatic carbocycles. The van der Waals surface area contributed by atoms with Gasteiger partial charge in [-0.2, -0.15) is 0 Å². The number of fused-ring (bicyclic) bond motifs is 1. The summed E-state index contributed by atoms with van der Waals surface area (Å²) >= 11 is 0. The molecule has 0 radical (unpaired) electrons. The van der Waals surface area contributed by atoms with E-state index in [9.17, 15) is 4.79 Å². The number of benzene rings is 2. The van der Waals surface area contributed by atoms with E-state index in [2.05, 4.69) is 10.3 Å². The van der Waals surface area contributed by atoms with Crippen LogP contribution in [0.15, 0.2) is 67.3 Å². The zero-order valence-electron chi connectivity index (χ0n) is 14.5. The van der Waals surface area contributed by atoms with Gasteiger partial charge in [-0.1, -0.05) is 24.3 Å². The molecule has 1 atom stereocenters. The van der Waals surface area contributed by atoms with Gasteiger partial charge in [0.1, 0.15) is 6.17 Å². The van der Waals surface area contributed by atoms with Crippen LogP contribution in [-0.2, 0) is 4.74 Å². The lowest BCUT2D eigenvalue weighted by molar-refractivity contribution is 0.0609. The van der Waals surface area contributed by atoms with Crippen LogP contribution in [0.2, 0.25) is 0 Å². The van der Waals surface area contributed by atoms with Gasteiger partial charge in [0.05, 0.1) is 18.5 Å². The van der Waals surface area contributed by atoms with Crippen molar-refractivity contribution in [2.45, 2.75) is 6.17 Å². The molecule has 6 heteroatoms. The van der Waals surface area contributed by atoms with Crippen molar-refractivity contribution >= 4 is 11.6 Å². The summed E-state index contributed by atoms with van der Waals surface area (Å²) in [5.74, 6) is 0.0140. The highest BCUT2D eigenvalue weighted by Gasteiger charge is 2.32. The zero-order chi connectivity index (χ0) is 17.9. The Balaban J connectivity index is 1.67. The maximum Gasteiger partial charge on any atom is 0.257 e. The number of anilines is 1. The minimum atomic E-state index is -0.232. The fourth-order valence-electron chi connectivity index (χ4n) is 3.22. The molecule has 26 heavy (non-hydrogen) atoms. The molecular formula is C20H20N4O2. The van der Waals surface area contributed by atoms with E-state index in [1.165, 1.54) is 0 Å². The average Bonchev–Trinajstić information content (AvgIpc) is 3.22. The lowest BCUT2D eigenvalue weighted by atomic mass is 10.0. The van der Waals surface area contributed by atoms with E-state index in [1.807, 2.05) is 64.2 Å². The molecule has 1 unspecified atom stereocenters. The third kappa shape index (κ3) is 2.95. The monoisotopic (exact) mass is 348 g/mol. The molecule has 6 nitrogen and oxygen atoms in total. The Hall–Kier alpha value is -3.12. The minimum Gasteiger partial charge on any atom is -0.383 e. The summed E-state index contributed by atoms with van der Waals surface area (Å²) in [5, 5.41) is 3.49. The van der Waals surface area contributed by atoms with Crippen LogP contribution < -0.4 is 5.32 Å². The molecule has 0 saturated heterocycles. The van der Waals surface area contributed by atoms with Crippen LogP contribution in [0, 0.1) is 0 Å². The smallest absolute Gasteiger partial charge is 0.257 e. The highest BCUT2D eigenvalue weighted by atomic mass is 16.5. The zero-order valence-corrected chi connectivity index (χ0v) is 14.5. The first-order valence-electron chi connectivity index (χ1n) is 8.51. The molecule has 1 aliphatic heterocycles. The molecule has 1 N–H and O–H groups in total. The number of rotatable bonds is 5. The summed E-state index contributed by atoms with van der Waals surface area (Å²) in [4.78, 5) is 18.9.